The predicted octanol–water partition coefficient (Wildman–Crippen LogP) is 2.44. The lowest BCUT2D eigenvalue weighted by Gasteiger charge is -2.37. The van der Waals surface area contributed by atoms with Gasteiger partial charge < -0.3 is 5.73 Å². The largest absolute Gasteiger partial charge is 0.323 e. The van der Waals surface area contributed by atoms with E-state index in [0.717, 1.165) is 25.2 Å². The average molecular weight is 283 g/mol. The second-order valence-corrected chi connectivity index (χ2v) is 6.63. The summed E-state index contributed by atoms with van der Waals surface area (Å²) < 4.78 is 12.8. The molecule has 1 aliphatic heterocycles. The average Bonchev–Trinajstić information content (AvgIpc) is 2.41. The molecule has 0 saturated carbocycles. The first kappa shape index (κ1) is 14.8. The molecular formula is C14H22FN3S. The minimum atomic E-state index is -0.313. The molecule has 2 N–H and O–H groups in total. The summed E-state index contributed by atoms with van der Waals surface area (Å²) in [5, 5.41) is 0.675. The summed E-state index contributed by atoms with van der Waals surface area (Å²) in [5.41, 5.74) is 6.90. The van der Waals surface area contributed by atoms with E-state index < -0.39 is 0 Å². The van der Waals surface area contributed by atoms with E-state index in [1.165, 1.54) is 18.0 Å². The van der Waals surface area contributed by atoms with Gasteiger partial charge in [0.25, 0.3) is 0 Å². The minimum Gasteiger partial charge on any atom is -0.323 e. The highest BCUT2D eigenvalue weighted by molar-refractivity contribution is 8.00. The topological polar surface area (TPSA) is 42.1 Å². The number of aromatic nitrogens is 1. The third kappa shape index (κ3) is 3.91. The third-order valence-electron chi connectivity index (χ3n) is 3.87. The van der Waals surface area contributed by atoms with Crippen molar-refractivity contribution in [2.24, 2.45) is 5.73 Å². The number of halogens is 1. The fourth-order valence-corrected chi connectivity index (χ4v) is 3.53. The molecular weight excluding hydrogens is 261 g/mol. The minimum absolute atomic E-state index is 0.113. The van der Waals surface area contributed by atoms with Crippen molar-refractivity contribution in [3.63, 3.8) is 0 Å². The van der Waals surface area contributed by atoms with E-state index in [0.29, 0.717) is 11.3 Å². The van der Waals surface area contributed by atoms with Crippen LogP contribution in [-0.2, 0) is 0 Å². The Morgan fingerprint density at radius 1 is 1.53 bits per heavy atom. The zero-order valence-corrected chi connectivity index (χ0v) is 12.4. The summed E-state index contributed by atoms with van der Waals surface area (Å²) in [7, 11) is 0. The molecule has 3 atom stereocenters. The molecule has 1 aliphatic rings. The van der Waals surface area contributed by atoms with Crippen molar-refractivity contribution >= 4 is 11.8 Å². The molecule has 3 unspecified atom stereocenters. The number of pyridine rings is 1. The van der Waals surface area contributed by atoms with Gasteiger partial charge in [0.1, 0.15) is 5.82 Å². The molecule has 0 bridgehead atoms. The molecule has 0 aliphatic carbocycles. The van der Waals surface area contributed by atoms with Gasteiger partial charge in [-0.2, -0.15) is 11.8 Å². The Kier molecular flexibility index (Phi) is 5.19. The lowest BCUT2D eigenvalue weighted by Crippen LogP contribution is -2.45. The van der Waals surface area contributed by atoms with E-state index in [2.05, 4.69) is 23.7 Å². The van der Waals surface area contributed by atoms with Gasteiger partial charge in [0, 0.05) is 36.2 Å². The molecule has 3 nitrogen and oxygen atoms in total. The van der Waals surface area contributed by atoms with Crippen LogP contribution in [0.4, 0.5) is 4.39 Å². The maximum absolute atomic E-state index is 12.8. The van der Waals surface area contributed by atoms with Gasteiger partial charge >= 0.3 is 0 Å². The van der Waals surface area contributed by atoms with Gasteiger partial charge in [-0.15, -0.1) is 0 Å². The molecule has 0 spiro atoms. The van der Waals surface area contributed by atoms with E-state index >= 15 is 0 Å². The van der Waals surface area contributed by atoms with Crippen LogP contribution in [-0.4, -0.2) is 40.0 Å². The first-order chi connectivity index (χ1) is 9.08. The molecule has 0 aromatic carbocycles. The van der Waals surface area contributed by atoms with Gasteiger partial charge in [0.05, 0.1) is 11.9 Å². The third-order valence-corrected chi connectivity index (χ3v) is 5.21. The van der Waals surface area contributed by atoms with Crippen molar-refractivity contribution in [2.75, 3.05) is 18.8 Å². The van der Waals surface area contributed by atoms with Gasteiger partial charge in [-0.1, -0.05) is 6.92 Å². The van der Waals surface area contributed by atoms with E-state index in [1.807, 2.05) is 11.8 Å². The predicted molar refractivity (Wildman–Crippen MR) is 78.7 cm³/mol. The molecule has 1 fully saturated rings. The molecule has 19 heavy (non-hydrogen) atoms. The Bertz CT molecular complexity index is 398. The van der Waals surface area contributed by atoms with Crippen LogP contribution in [0.5, 0.6) is 0 Å². The number of thioether (sulfide) groups is 1. The lowest BCUT2D eigenvalue weighted by molar-refractivity contribution is 0.205. The van der Waals surface area contributed by atoms with Gasteiger partial charge in [-0.05, 0) is 25.5 Å². The van der Waals surface area contributed by atoms with Crippen LogP contribution in [0.15, 0.2) is 18.3 Å². The van der Waals surface area contributed by atoms with Crippen molar-refractivity contribution in [1.82, 2.24) is 9.88 Å². The van der Waals surface area contributed by atoms with Gasteiger partial charge in [-0.3, -0.25) is 9.88 Å². The first-order valence-corrected chi connectivity index (χ1v) is 7.85. The van der Waals surface area contributed by atoms with Gasteiger partial charge in [-0.25, -0.2) is 4.39 Å². The maximum atomic E-state index is 12.8. The Morgan fingerprint density at radius 3 is 3.00 bits per heavy atom. The smallest absolute Gasteiger partial charge is 0.141 e. The number of nitrogens with two attached hydrogens (primary N) is 1. The molecule has 2 rings (SSSR count). The number of hydrogen-bond acceptors (Lipinski definition) is 4. The summed E-state index contributed by atoms with van der Waals surface area (Å²) in [4.78, 5) is 6.54. The van der Waals surface area contributed by atoms with Crippen LogP contribution >= 0.6 is 11.8 Å². The van der Waals surface area contributed by atoms with Crippen LogP contribution < -0.4 is 5.73 Å². The Labute approximate surface area is 118 Å². The highest BCUT2D eigenvalue weighted by atomic mass is 32.2. The molecule has 0 amide bonds. The summed E-state index contributed by atoms with van der Waals surface area (Å²) in [6.45, 7) is 6.66. The number of hydrogen-bond donors (Lipinski definition) is 1. The van der Waals surface area contributed by atoms with Crippen LogP contribution in [0.2, 0.25) is 0 Å². The Morgan fingerprint density at radius 2 is 2.32 bits per heavy atom. The second-order valence-electron chi connectivity index (χ2n) is 5.15. The van der Waals surface area contributed by atoms with Crippen molar-refractivity contribution in [1.29, 1.82) is 0 Å². The summed E-state index contributed by atoms with van der Waals surface area (Å²) in [6, 6.07) is 3.58. The van der Waals surface area contributed by atoms with E-state index in [4.69, 9.17) is 5.73 Å². The molecule has 5 heteroatoms. The van der Waals surface area contributed by atoms with Crippen LogP contribution in [0.1, 0.15) is 32.0 Å². The zero-order valence-electron chi connectivity index (χ0n) is 11.6. The summed E-state index contributed by atoms with van der Waals surface area (Å²) in [6.07, 6.45) is 2.10. The monoisotopic (exact) mass is 283 g/mol. The lowest BCUT2D eigenvalue weighted by atomic mass is 10.1. The van der Waals surface area contributed by atoms with Gasteiger partial charge in [0.15, 0.2) is 0 Å². The summed E-state index contributed by atoms with van der Waals surface area (Å²) >= 11 is 2.04. The molecule has 1 aromatic rings. The van der Waals surface area contributed by atoms with Crippen LogP contribution in [0, 0.1) is 5.82 Å². The normalized spacial score (nSPS) is 26.3. The van der Waals surface area contributed by atoms with Crippen molar-refractivity contribution < 1.29 is 4.39 Å². The quantitative estimate of drug-likeness (QED) is 0.921. The fourth-order valence-electron chi connectivity index (χ4n) is 2.37. The Balaban J connectivity index is 1.86. The van der Waals surface area contributed by atoms with E-state index in [9.17, 15) is 4.39 Å². The number of rotatable bonds is 4. The highest BCUT2D eigenvalue weighted by Gasteiger charge is 2.25. The Hall–Kier alpha value is -0.650. The molecule has 106 valence electrons. The van der Waals surface area contributed by atoms with Crippen molar-refractivity contribution in [3.05, 3.63) is 29.8 Å². The standard InChI is InChI=1S/C14H22FN3S/c1-10-11(2)19-8-7-18(10)6-5-13(16)14-4-3-12(15)9-17-14/h3-4,9-11,13H,5-8,16H2,1-2H3. The maximum Gasteiger partial charge on any atom is 0.141 e. The zero-order chi connectivity index (χ0) is 13.8. The molecule has 1 aromatic heterocycles. The number of nitrogens with zero attached hydrogens (tertiary/aromatic N) is 2. The fraction of sp³-hybridized carbons (Fsp3) is 0.643. The van der Waals surface area contributed by atoms with Crippen molar-refractivity contribution in [3.8, 4) is 0 Å². The van der Waals surface area contributed by atoms with Gasteiger partial charge in [0.2, 0.25) is 0 Å². The first-order valence-electron chi connectivity index (χ1n) is 6.80. The SMILES string of the molecule is CC1SCCN(CCC(N)c2ccc(F)cn2)C1C. The molecule has 2 heterocycles. The summed E-state index contributed by atoms with van der Waals surface area (Å²) in [5.74, 6) is 0.877. The van der Waals surface area contributed by atoms with Crippen LogP contribution in [0.3, 0.4) is 0 Å². The highest BCUT2D eigenvalue weighted by Crippen LogP contribution is 2.25. The van der Waals surface area contributed by atoms with E-state index in [-0.39, 0.29) is 11.9 Å². The van der Waals surface area contributed by atoms with Crippen molar-refractivity contribution in [2.45, 2.75) is 37.6 Å². The molecule has 1 saturated heterocycles. The van der Waals surface area contributed by atoms with E-state index in [1.54, 1.807) is 6.07 Å². The second kappa shape index (κ2) is 6.68. The van der Waals surface area contributed by atoms with Crippen LogP contribution in [0.25, 0.3) is 0 Å². The molecule has 0 radical (unpaired) electrons.